The Morgan fingerprint density at radius 1 is 0.351 bits per heavy atom. The van der Waals surface area contributed by atoms with E-state index in [4.69, 9.17) is 14.2 Å². The van der Waals surface area contributed by atoms with Crippen molar-refractivity contribution in [1.29, 1.82) is 0 Å². The van der Waals surface area contributed by atoms with Crippen molar-refractivity contribution in [3.05, 3.63) is 60.8 Å². The fourth-order valence-electron chi connectivity index (χ4n) is 6.42. The molecule has 0 amide bonds. The molecule has 0 aliphatic rings. The van der Waals surface area contributed by atoms with Gasteiger partial charge in [0.1, 0.15) is 13.2 Å². The predicted octanol–water partition coefficient (Wildman–Crippen LogP) is 15.3. The maximum absolute atomic E-state index is 12.7. The lowest BCUT2D eigenvalue weighted by atomic mass is 10.1. The van der Waals surface area contributed by atoms with Gasteiger partial charge in [0, 0.05) is 19.3 Å². The third kappa shape index (κ3) is 44.1. The Labute approximate surface area is 351 Å². The molecule has 0 bridgehead atoms. The molecule has 6 nitrogen and oxygen atoms in total. The van der Waals surface area contributed by atoms with Gasteiger partial charge in [0.05, 0.1) is 0 Å². The van der Waals surface area contributed by atoms with Crippen molar-refractivity contribution in [2.75, 3.05) is 13.2 Å². The number of unbranched alkanes of at least 4 members (excludes halogenated alkanes) is 24. The maximum Gasteiger partial charge on any atom is 0.306 e. The van der Waals surface area contributed by atoms with Crippen molar-refractivity contribution < 1.29 is 28.6 Å². The van der Waals surface area contributed by atoms with E-state index in [1.807, 2.05) is 0 Å². The summed E-state index contributed by atoms with van der Waals surface area (Å²) in [6.07, 6.45) is 54.9. The summed E-state index contributed by atoms with van der Waals surface area (Å²) in [5, 5.41) is 0. The zero-order valence-corrected chi connectivity index (χ0v) is 37.3. The van der Waals surface area contributed by atoms with Gasteiger partial charge in [-0.2, -0.15) is 0 Å². The third-order valence-electron chi connectivity index (χ3n) is 10.1. The normalized spacial score (nSPS) is 12.5. The summed E-state index contributed by atoms with van der Waals surface area (Å²) < 4.78 is 16.7. The van der Waals surface area contributed by atoms with E-state index < -0.39 is 6.10 Å². The van der Waals surface area contributed by atoms with Gasteiger partial charge in [-0.05, 0) is 64.2 Å². The van der Waals surface area contributed by atoms with Gasteiger partial charge in [0.25, 0.3) is 0 Å². The second kappa shape index (κ2) is 45.8. The van der Waals surface area contributed by atoms with E-state index in [1.165, 1.54) is 96.3 Å². The molecule has 6 heteroatoms. The van der Waals surface area contributed by atoms with Gasteiger partial charge < -0.3 is 14.2 Å². The highest BCUT2D eigenvalue weighted by atomic mass is 16.6. The summed E-state index contributed by atoms with van der Waals surface area (Å²) in [5.41, 5.74) is 0. The van der Waals surface area contributed by atoms with Crippen molar-refractivity contribution in [2.24, 2.45) is 0 Å². The average molecular weight is 797 g/mol. The molecular weight excluding hydrogens is 709 g/mol. The zero-order valence-electron chi connectivity index (χ0n) is 37.3. The van der Waals surface area contributed by atoms with Gasteiger partial charge in [-0.1, -0.05) is 204 Å². The number of rotatable bonds is 42. The standard InChI is InChI=1S/C51H88O6/c1-4-7-10-13-16-19-22-23-24-25-26-27-28-30-32-35-38-41-44-50(53)56-47-48(46-55-49(52)43-40-37-34-31-21-18-15-12-9-6-3)57-51(54)45-42-39-36-33-29-20-17-14-11-8-5-2/h14,17,20,22-27,29,48H,4-13,15-16,18-19,21,28,30-47H2,1-3H3/b17-14-,23-22-,25-24-,27-26-,29-20-. The maximum atomic E-state index is 12.7. The summed E-state index contributed by atoms with van der Waals surface area (Å²) in [6.45, 7) is 6.50. The number of ether oxygens (including phenoxy) is 3. The van der Waals surface area contributed by atoms with Crippen LogP contribution in [0.3, 0.4) is 0 Å². The Morgan fingerprint density at radius 3 is 1.05 bits per heavy atom. The van der Waals surface area contributed by atoms with Gasteiger partial charge in [-0.15, -0.1) is 0 Å². The Hall–Kier alpha value is -2.89. The molecule has 0 saturated heterocycles. The molecule has 1 unspecified atom stereocenters. The fourth-order valence-corrected chi connectivity index (χ4v) is 6.42. The molecule has 0 radical (unpaired) electrons. The van der Waals surface area contributed by atoms with Crippen LogP contribution in [-0.2, 0) is 28.6 Å². The fraction of sp³-hybridized carbons (Fsp3) is 0.745. The van der Waals surface area contributed by atoms with Crippen LogP contribution in [0.25, 0.3) is 0 Å². The van der Waals surface area contributed by atoms with E-state index in [0.717, 1.165) is 89.9 Å². The van der Waals surface area contributed by atoms with Gasteiger partial charge in [-0.25, -0.2) is 0 Å². The highest BCUT2D eigenvalue weighted by Gasteiger charge is 2.19. The Kier molecular flexibility index (Phi) is 43.5. The molecule has 0 rings (SSSR count). The second-order valence-corrected chi connectivity index (χ2v) is 15.8. The van der Waals surface area contributed by atoms with Crippen LogP contribution in [0.2, 0.25) is 0 Å². The van der Waals surface area contributed by atoms with Crippen LogP contribution in [0.15, 0.2) is 60.8 Å². The highest BCUT2D eigenvalue weighted by Crippen LogP contribution is 2.13. The smallest absolute Gasteiger partial charge is 0.306 e. The summed E-state index contributed by atoms with van der Waals surface area (Å²) in [7, 11) is 0. The van der Waals surface area contributed by atoms with E-state index in [-0.39, 0.29) is 31.1 Å². The van der Waals surface area contributed by atoms with Gasteiger partial charge in [0.15, 0.2) is 6.10 Å². The Morgan fingerprint density at radius 2 is 0.649 bits per heavy atom. The molecule has 0 heterocycles. The minimum absolute atomic E-state index is 0.0910. The SMILES string of the molecule is CCCC/C=C\C=C/CCCCCC(=O)OC(COC(=O)CCCCCCC\C=C/C=C\C=C/CCCCCCC)COC(=O)CCCCCCCCCCCC. The zero-order chi connectivity index (χ0) is 41.5. The lowest BCUT2D eigenvalue weighted by Crippen LogP contribution is -2.30. The van der Waals surface area contributed by atoms with E-state index in [2.05, 4.69) is 81.5 Å². The molecule has 0 aliphatic carbocycles. The van der Waals surface area contributed by atoms with Gasteiger partial charge in [0.2, 0.25) is 0 Å². The second-order valence-electron chi connectivity index (χ2n) is 15.8. The van der Waals surface area contributed by atoms with Crippen LogP contribution in [-0.4, -0.2) is 37.2 Å². The van der Waals surface area contributed by atoms with Gasteiger partial charge >= 0.3 is 17.9 Å². The summed E-state index contributed by atoms with van der Waals surface area (Å²) in [4.78, 5) is 37.7. The van der Waals surface area contributed by atoms with E-state index in [9.17, 15) is 14.4 Å². The summed E-state index contributed by atoms with van der Waals surface area (Å²) in [5.74, 6) is -0.943. The first-order valence-corrected chi connectivity index (χ1v) is 23.8. The van der Waals surface area contributed by atoms with E-state index in [1.54, 1.807) is 0 Å². The topological polar surface area (TPSA) is 78.9 Å². The van der Waals surface area contributed by atoms with Crippen molar-refractivity contribution in [1.82, 2.24) is 0 Å². The van der Waals surface area contributed by atoms with Crippen molar-refractivity contribution in [2.45, 2.75) is 232 Å². The minimum atomic E-state index is -0.792. The van der Waals surface area contributed by atoms with Crippen LogP contribution in [0, 0.1) is 0 Å². The molecule has 0 saturated carbocycles. The molecule has 0 fully saturated rings. The van der Waals surface area contributed by atoms with Crippen molar-refractivity contribution in [3.8, 4) is 0 Å². The number of carbonyl (C=O) groups excluding carboxylic acids is 3. The molecule has 0 aromatic heterocycles. The largest absolute Gasteiger partial charge is 0.462 e. The summed E-state index contributed by atoms with van der Waals surface area (Å²) >= 11 is 0. The number of carbonyl (C=O) groups is 3. The molecule has 1 atom stereocenters. The molecule has 0 N–H and O–H groups in total. The van der Waals surface area contributed by atoms with Crippen molar-refractivity contribution >= 4 is 17.9 Å². The molecule has 328 valence electrons. The van der Waals surface area contributed by atoms with Crippen LogP contribution < -0.4 is 0 Å². The van der Waals surface area contributed by atoms with Gasteiger partial charge in [-0.3, -0.25) is 14.4 Å². The Balaban J connectivity index is 4.40. The van der Waals surface area contributed by atoms with Crippen molar-refractivity contribution in [3.63, 3.8) is 0 Å². The number of allylic oxidation sites excluding steroid dienone is 10. The molecule has 0 spiro atoms. The van der Waals surface area contributed by atoms with Crippen LogP contribution >= 0.6 is 0 Å². The molecule has 57 heavy (non-hydrogen) atoms. The molecular formula is C51H88O6. The van der Waals surface area contributed by atoms with E-state index >= 15 is 0 Å². The minimum Gasteiger partial charge on any atom is -0.462 e. The quantitative estimate of drug-likeness (QED) is 0.0265. The number of hydrogen-bond donors (Lipinski definition) is 0. The van der Waals surface area contributed by atoms with E-state index in [0.29, 0.717) is 19.3 Å². The van der Waals surface area contributed by atoms with Crippen LogP contribution in [0.4, 0.5) is 0 Å². The highest BCUT2D eigenvalue weighted by molar-refractivity contribution is 5.71. The average Bonchev–Trinajstić information content (AvgIpc) is 3.21. The lowest BCUT2D eigenvalue weighted by molar-refractivity contribution is -0.167. The first-order chi connectivity index (χ1) is 28.0. The van der Waals surface area contributed by atoms with Crippen LogP contribution in [0.5, 0.6) is 0 Å². The number of esters is 3. The predicted molar refractivity (Wildman–Crippen MR) is 242 cm³/mol. The lowest BCUT2D eigenvalue weighted by Gasteiger charge is -2.18. The Bertz CT molecular complexity index is 1050. The first-order valence-electron chi connectivity index (χ1n) is 23.8. The molecule has 0 aromatic rings. The molecule has 0 aromatic carbocycles. The first kappa shape index (κ1) is 54.1. The third-order valence-corrected chi connectivity index (χ3v) is 10.1. The number of hydrogen-bond acceptors (Lipinski definition) is 6. The molecule has 0 aliphatic heterocycles. The monoisotopic (exact) mass is 797 g/mol. The van der Waals surface area contributed by atoms with Crippen LogP contribution in [0.1, 0.15) is 226 Å². The summed E-state index contributed by atoms with van der Waals surface area (Å²) in [6, 6.07) is 0.